The minimum Gasteiger partial charge on any atom is -0.492 e. The molecular weight excluding hydrogens is 362 g/mol. The topological polar surface area (TPSA) is 70.7 Å². The Kier molecular flexibility index (Phi) is 8.65. The van der Waals surface area contributed by atoms with Gasteiger partial charge in [-0.2, -0.15) is 0 Å². The first-order valence-corrected chi connectivity index (χ1v) is 8.37. The molecule has 0 fully saturated rings. The molecule has 0 aromatic heterocycles. The molecule has 1 rings (SSSR count). The number of halogens is 1. The summed E-state index contributed by atoms with van der Waals surface area (Å²) in [4.78, 5) is 25.1. The number of rotatable bonds is 8. The van der Waals surface area contributed by atoms with Gasteiger partial charge in [0.1, 0.15) is 12.4 Å². The molecule has 0 radical (unpaired) electrons. The van der Waals surface area contributed by atoms with Crippen molar-refractivity contribution in [1.82, 2.24) is 15.5 Å². The number of carbonyl (C=O) groups is 2. The number of benzene rings is 1. The fraction of sp³-hybridized carbons (Fsp3) is 0.500. The second-order valence-electron chi connectivity index (χ2n) is 5.37. The molecule has 1 aromatic carbocycles. The summed E-state index contributed by atoms with van der Waals surface area (Å²) < 4.78 is 6.58. The number of hydrogen-bond acceptors (Lipinski definition) is 4. The molecule has 1 aromatic rings. The lowest BCUT2D eigenvalue weighted by Gasteiger charge is -2.17. The molecule has 0 saturated heterocycles. The Morgan fingerprint density at radius 3 is 2.57 bits per heavy atom. The van der Waals surface area contributed by atoms with Crippen LogP contribution in [0.4, 0.5) is 4.79 Å². The van der Waals surface area contributed by atoms with Crippen LogP contribution in [0.5, 0.6) is 5.75 Å². The number of imide groups is 1. The predicted molar refractivity (Wildman–Crippen MR) is 93.6 cm³/mol. The number of hydrogen-bond donors (Lipinski definition) is 2. The Morgan fingerprint density at radius 1 is 1.30 bits per heavy atom. The monoisotopic (exact) mass is 385 g/mol. The predicted octanol–water partition coefficient (Wildman–Crippen LogP) is 2.38. The van der Waals surface area contributed by atoms with Gasteiger partial charge in [-0.1, -0.05) is 22.9 Å². The number of nitrogens with one attached hydrogen (secondary N) is 2. The molecule has 23 heavy (non-hydrogen) atoms. The molecule has 3 amide bonds. The maximum absolute atomic E-state index is 11.7. The van der Waals surface area contributed by atoms with Gasteiger partial charge in [-0.3, -0.25) is 15.0 Å². The lowest BCUT2D eigenvalue weighted by Crippen LogP contribution is -2.46. The number of carbonyl (C=O) groups excluding carboxylic acids is 2. The van der Waals surface area contributed by atoms with Crippen molar-refractivity contribution < 1.29 is 14.3 Å². The highest BCUT2D eigenvalue weighted by Crippen LogP contribution is 2.15. The van der Waals surface area contributed by atoms with Crippen LogP contribution in [0.3, 0.4) is 0 Å². The van der Waals surface area contributed by atoms with E-state index in [0.29, 0.717) is 13.2 Å². The quantitative estimate of drug-likeness (QED) is 0.720. The standard InChI is InChI=1S/C16H24BrN3O3/c1-4-12(2)18-16(22)19-15(21)11-20(3)9-10-23-14-7-5-13(17)6-8-14/h5-8,12H,4,9-11H2,1-3H3,(H2,18,19,21,22)/t12-/m1/s1. The molecule has 1 atom stereocenters. The largest absolute Gasteiger partial charge is 0.492 e. The van der Waals surface area contributed by atoms with Crippen molar-refractivity contribution in [1.29, 1.82) is 0 Å². The highest BCUT2D eigenvalue weighted by Gasteiger charge is 2.11. The van der Waals surface area contributed by atoms with Gasteiger partial charge < -0.3 is 10.1 Å². The number of ether oxygens (including phenoxy) is 1. The first-order valence-electron chi connectivity index (χ1n) is 7.58. The summed E-state index contributed by atoms with van der Waals surface area (Å²) in [5, 5.41) is 5.00. The van der Waals surface area contributed by atoms with Gasteiger partial charge in [0.05, 0.1) is 6.54 Å². The van der Waals surface area contributed by atoms with Crippen molar-refractivity contribution in [3.05, 3.63) is 28.7 Å². The second kappa shape index (κ2) is 10.2. The van der Waals surface area contributed by atoms with Crippen molar-refractivity contribution in [2.45, 2.75) is 26.3 Å². The van der Waals surface area contributed by atoms with Gasteiger partial charge in [-0.15, -0.1) is 0 Å². The van der Waals surface area contributed by atoms with Crippen molar-refractivity contribution in [3.63, 3.8) is 0 Å². The minimum atomic E-state index is -0.455. The Morgan fingerprint density at radius 2 is 1.96 bits per heavy atom. The molecule has 0 saturated carbocycles. The fourth-order valence-corrected chi connectivity index (χ4v) is 1.97. The van der Waals surface area contributed by atoms with Gasteiger partial charge in [0.15, 0.2) is 0 Å². The molecule has 0 heterocycles. The number of urea groups is 1. The Hall–Kier alpha value is -1.60. The fourth-order valence-electron chi connectivity index (χ4n) is 1.70. The molecule has 7 heteroatoms. The zero-order chi connectivity index (χ0) is 17.2. The average molecular weight is 386 g/mol. The van der Waals surface area contributed by atoms with Crippen LogP contribution >= 0.6 is 15.9 Å². The van der Waals surface area contributed by atoms with Crippen molar-refractivity contribution >= 4 is 27.9 Å². The van der Waals surface area contributed by atoms with E-state index in [2.05, 4.69) is 26.6 Å². The van der Waals surface area contributed by atoms with E-state index in [1.807, 2.05) is 38.1 Å². The third-order valence-corrected chi connectivity index (χ3v) is 3.74. The molecule has 0 unspecified atom stereocenters. The van der Waals surface area contributed by atoms with Crippen LogP contribution in [-0.2, 0) is 4.79 Å². The molecule has 0 spiro atoms. The van der Waals surface area contributed by atoms with Gasteiger partial charge in [-0.25, -0.2) is 4.79 Å². The van der Waals surface area contributed by atoms with Crippen LogP contribution in [0.2, 0.25) is 0 Å². The summed E-state index contributed by atoms with van der Waals surface area (Å²) in [6.07, 6.45) is 0.814. The van der Waals surface area contributed by atoms with E-state index in [9.17, 15) is 9.59 Å². The van der Waals surface area contributed by atoms with Crippen LogP contribution in [0.1, 0.15) is 20.3 Å². The summed E-state index contributed by atoms with van der Waals surface area (Å²) >= 11 is 3.36. The Bertz CT molecular complexity index is 508. The highest BCUT2D eigenvalue weighted by atomic mass is 79.9. The lowest BCUT2D eigenvalue weighted by atomic mass is 10.3. The lowest BCUT2D eigenvalue weighted by molar-refractivity contribution is -0.120. The maximum atomic E-state index is 11.7. The average Bonchev–Trinajstić information content (AvgIpc) is 2.48. The summed E-state index contributed by atoms with van der Waals surface area (Å²) in [6.45, 7) is 5.03. The smallest absolute Gasteiger partial charge is 0.321 e. The molecule has 128 valence electrons. The van der Waals surface area contributed by atoms with Crippen LogP contribution in [0.15, 0.2) is 28.7 Å². The SMILES string of the molecule is CC[C@@H](C)NC(=O)NC(=O)CN(C)CCOc1ccc(Br)cc1. The van der Waals surface area contributed by atoms with Crippen molar-refractivity contribution in [3.8, 4) is 5.75 Å². The highest BCUT2D eigenvalue weighted by molar-refractivity contribution is 9.10. The molecule has 2 N–H and O–H groups in total. The summed E-state index contributed by atoms with van der Waals surface area (Å²) in [5.41, 5.74) is 0. The number of amides is 3. The molecule has 6 nitrogen and oxygen atoms in total. The Labute approximate surface area is 145 Å². The van der Waals surface area contributed by atoms with Crippen LogP contribution in [-0.4, -0.2) is 49.6 Å². The zero-order valence-corrected chi connectivity index (χ0v) is 15.4. The molecule has 0 bridgehead atoms. The third-order valence-electron chi connectivity index (χ3n) is 3.21. The Balaban J connectivity index is 2.22. The van der Waals surface area contributed by atoms with Gasteiger partial charge in [0.2, 0.25) is 5.91 Å². The van der Waals surface area contributed by atoms with Crippen LogP contribution in [0, 0.1) is 0 Å². The first kappa shape index (κ1) is 19.4. The first-order chi connectivity index (χ1) is 10.9. The summed E-state index contributed by atoms with van der Waals surface area (Å²) in [5.74, 6) is 0.441. The van der Waals surface area contributed by atoms with E-state index in [-0.39, 0.29) is 18.5 Å². The third kappa shape index (κ3) is 8.56. The van der Waals surface area contributed by atoms with E-state index in [4.69, 9.17) is 4.74 Å². The van der Waals surface area contributed by atoms with Gasteiger partial charge >= 0.3 is 6.03 Å². The van der Waals surface area contributed by atoms with Gasteiger partial charge in [-0.05, 0) is 44.7 Å². The van der Waals surface area contributed by atoms with Crippen molar-refractivity contribution in [2.24, 2.45) is 0 Å². The molecular formula is C16H24BrN3O3. The second-order valence-corrected chi connectivity index (χ2v) is 6.29. The number of likely N-dealkylation sites (N-methyl/N-ethyl adjacent to an activating group) is 1. The maximum Gasteiger partial charge on any atom is 0.321 e. The minimum absolute atomic E-state index is 0.0415. The van der Waals surface area contributed by atoms with E-state index in [0.717, 1.165) is 16.6 Å². The normalized spacial score (nSPS) is 11.9. The van der Waals surface area contributed by atoms with E-state index < -0.39 is 6.03 Å². The van der Waals surface area contributed by atoms with E-state index in [1.54, 1.807) is 11.9 Å². The van der Waals surface area contributed by atoms with Crippen LogP contribution < -0.4 is 15.4 Å². The summed E-state index contributed by atoms with van der Waals surface area (Å²) in [7, 11) is 1.80. The molecule has 0 aliphatic heterocycles. The zero-order valence-electron chi connectivity index (χ0n) is 13.8. The van der Waals surface area contributed by atoms with Gasteiger partial charge in [0, 0.05) is 17.1 Å². The van der Waals surface area contributed by atoms with E-state index in [1.165, 1.54) is 0 Å². The summed E-state index contributed by atoms with van der Waals surface area (Å²) in [6, 6.07) is 7.14. The van der Waals surface area contributed by atoms with Crippen molar-refractivity contribution in [2.75, 3.05) is 26.7 Å². The molecule has 0 aliphatic rings. The number of nitrogens with zero attached hydrogens (tertiary/aromatic N) is 1. The van der Waals surface area contributed by atoms with Gasteiger partial charge in [0.25, 0.3) is 0 Å². The van der Waals surface area contributed by atoms with Crippen LogP contribution in [0.25, 0.3) is 0 Å². The molecule has 0 aliphatic carbocycles. The van der Waals surface area contributed by atoms with E-state index >= 15 is 0 Å².